The van der Waals surface area contributed by atoms with E-state index in [4.69, 9.17) is 16.2 Å². The number of anilines is 1. The Morgan fingerprint density at radius 1 is 1.07 bits per heavy atom. The van der Waals surface area contributed by atoms with Crippen LogP contribution in [0.2, 0.25) is 0 Å². The van der Waals surface area contributed by atoms with Crippen LogP contribution in [0, 0.1) is 23.7 Å². The van der Waals surface area contributed by atoms with Crippen LogP contribution in [0.4, 0.5) is 5.69 Å². The van der Waals surface area contributed by atoms with Crippen molar-refractivity contribution in [2.24, 2.45) is 29.4 Å². The third-order valence-corrected chi connectivity index (χ3v) is 8.63. The topological polar surface area (TPSA) is 207 Å². The Labute approximate surface area is 234 Å². The van der Waals surface area contributed by atoms with Crippen molar-refractivity contribution in [3.63, 3.8) is 0 Å². The number of ketones is 4. The molecule has 0 heterocycles. The first-order chi connectivity index (χ1) is 19.2. The highest BCUT2D eigenvalue weighted by Crippen LogP contribution is 2.51. The molecule has 2 unspecified atom stereocenters. The van der Waals surface area contributed by atoms with Gasteiger partial charge in [0.1, 0.15) is 5.75 Å². The number of likely N-dealkylation sites (N-methyl/N-ethyl adjacent to an activating group) is 1. The molecule has 41 heavy (non-hydrogen) atoms. The zero-order valence-corrected chi connectivity index (χ0v) is 22.5. The first kappa shape index (κ1) is 28.1. The molecule has 6 N–H and O–H groups in total. The van der Waals surface area contributed by atoms with Crippen LogP contribution < -0.4 is 11.5 Å². The van der Waals surface area contributed by atoms with Crippen LogP contribution in [0.25, 0.3) is 11.1 Å². The number of methoxy groups -OCH3 is 1. The number of hydrogen-bond donors (Lipinski definition) is 4. The molecule has 2 saturated carbocycles. The number of carbonyl (C=O) groups excluding carboxylic acids is 6. The molecule has 0 radical (unpaired) electrons. The average Bonchev–Trinajstić information content (AvgIpc) is 2.89. The van der Waals surface area contributed by atoms with Crippen molar-refractivity contribution in [1.82, 2.24) is 4.90 Å². The lowest BCUT2D eigenvalue weighted by atomic mass is 9.52. The highest BCUT2D eigenvalue weighted by Gasteiger charge is 2.69. The van der Waals surface area contributed by atoms with Crippen molar-refractivity contribution in [2.45, 2.75) is 24.5 Å². The van der Waals surface area contributed by atoms with Gasteiger partial charge in [-0.2, -0.15) is 0 Å². The van der Waals surface area contributed by atoms with E-state index in [1.54, 1.807) is 12.1 Å². The Bertz CT molecular complexity index is 1560. The van der Waals surface area contributed by atoms with Gasteiger partial charge in [0.2, 0.25) is 5.91 Å². The van der Waals surface area contributed by atoms with Crippen LogP contribution in [-0.4, -0.2) is 83.0 Å². The van der Waals surface area contributed by atoms with Gasteiger partial charge >= 0.3 is 5.97 Å². The van der Waals surface area contributed by atoms with Gasteiger partial charge in [-0.25, -0.2) is 4.79 Å². The minimum Gasteiger partial charge on any atom is -0.507 e. The van der Waals surface area contributed by atoms with Gasteiger partial charge in [-0.15, -0.1) is 0 Å². The predicted octanol–water partition coefficient (Wildman–Crippen LogP) is -0.0972. The molecule has 0 spiro atoms. The number of primary amides is 1. The number of esters is 1. The highest BCUT2D eigenvalue weighted by atomic mass is 16.5. The van der Waals surface area contributed by atoms with E-state index in [0.717, 1.165) is 0 Å². The zero-order valence-electron chi connectivity index (χ0n) is 22.5. The number of phenolic OH excluding ortho intramolecular Hbond substituents is 1. The first-order valence-corrected chi connectivity index (χ1v) is 12.9. The fourth-order valence-electron chi connectivity index (χ4n) is 6.92. The van der Waals surface area contributed by atoms with Crippen molar-refractivity contribution in [3.8, 4) is 16.9 Å². The van der Waals surface area contributed by atoms with Crippen molar-refractivity contribution >= 4 is 40.7 Å². The second-order valence-electron chi connectivity index (χ2n) is 11.1. The normalized spacial score (nSPS) is 29.0. The summed E-state index contributed by atoms with van der Waals surface area (Å²) in [5.74, 6) is -11.9. The quantitative estimate of drug-likeness (QED) is 0.219. The molecule has 12 nitrogen and oxygen atoms in total. The van der Waals surface area contributed by atoms with Gasteiger partial charge in [0.25, 0.3) is 0 Å². The Hall–Kier alpha value is -4.42. The molecule has 2 fully saturated rings. The van der Waals surface area contributed by atoms with Crippen LogP contribution in [0.5, 0.6) is 5.75 Å². The maximum absolute atomic E-state index is 13.9. The van der Waals surface area contributed by atoms with E-state index in [2.05, 4.69) is 0 Å². The van der Waals surface area contributed by atoms with Crippen molar-refractivity contribution < 1.29 is 43.7 Å². The molecule has 3 aliphatic rings. The lowest BCUT2D eigenvalue weighted by molar-refractivity contribution is -0.181. The average molecular weight is 564 g/mol. The summed E-state index contributed by atoms with van der Waals surface area (Å²) in [7, 11) is 4.26. The number of nitrogens with zero attached hydrogens (tertiary/aromatic N) is 1. The molecule has 12 heteroatoms. The summed E-state index contributed by atoms with van der Waals surface area (Å²) in [6.45, 7) is 0. The van der Waals surface area contributed by atoms with E-state index in [-0.39, 0.29) is 29.7 Å². The summed E-state index contributed by atoms with van der Waals surface area (Å²) < 4.78 is 4.80. The van der Waals surface area contributed by atoms with Gasteiger partial charge in [0, 0.05) is 11.6 Å². The molecule has 0 aliphatic heterocycles. The fraction of sp³-hybridized carbons (Fsp3) is 0.379. The number of ether oxygens (including phenoxy) is 1. The summed E-state index contributed by atoms with van der Waals surface area (Å²) in [5, 5.41) is 22.4. The van der Waals surface area contributed by atoms with E-state index in [0.29, 0.717) is 16.7 Å². The summed E-state index contributed by atoms with van der Waals surface area (Å²) in [5.41, 5.74) is 10.2. The first-order valence-electron chi connectivity index (χ1n) is 12.9. The molecule has 0 saturated heterocycles. The second-order valence-corrected chi connectivity index (χ2v) is 11.1. The van der Waals surface area contributed by atoms with Crippen LogP contribution in [0.3, 0.4) is 0 Å². The molecule has 2 aromatic carbocycles. The smallest absolute Gasteiger partial charge is 0.337 e. The van der Waals surface area contributed by atoms with E-state index >= 15 is 0 Å². The highest BCUT2D eigenvalue weighted by molar-refractivity contribution is 6.32. The van der Waals surface area contributed by atoms with E-state index in [9.17, 15) is 39.0 Å². The number of aliphatic hydroxyl groups is 1. The maximum Gasteiger partial charge on any atom is 0.337 e. The predicted molar refractivity (Wildman–Crippen MR) is 143 cm³/mol. The van der Waals surface area contributed by atoms with E-state index < -0.39 is 76.1 Å². The standard InChI is InChI=1S/C29H29N3O9/c1-32(2)22-17-10-12-9-16-15(11-6-13(28(39)41-3)8-14(30)7-11)4-5-18(33)20(16)23(34)19(12)25(36)29(17,40)26(37)21(24(22)35)27(31)38/h4-8,12,17,19,21-22,33,40H,9-10,30H2,1-3H3,(H2,31,38)/t12-,17-,19?,21?,22-,29-/m0/s1. The molecule has 214 valence electrons. The number of rotatable bonds is 4. The van der Waals surface area contributed by atoms with Crippen molar-refractivity contribution in [3.05, 3.63) is 47.0 Å². The lowest BCUT2D eigenvalue weighted by Gasteiger charge is -2.52. The Kier molecular flexibility index (Phi) is 6.58. The molecule has 5 rings (SSSR count). The molecule has 6 atom stereocenters. The number of hydrogen-bond acceptors (Lipinski definition) is 11. The molecule has 2 aromatic rings. The number of benzene rings is 2. The Balaban J connectivity index is 1.66. The molecule has 0 bridgehead atoms. The Morgan fingerprint density at radius 3 is 2.37 bits per heavy atom. The van der Waals surface area contributed by atoms with Gasteiger partial charge in [-0.3, -0.25) is 28.9 Å². The minimum absolute atomic E-state index is 0.0674. The minimum atomic E-state index is -2.80. The number of aromatic hydroxyl groups is 1. The SMILES string of the molecule is COC(=O)c1cc(N)cc(-c2ccc(O)c3c2C[C@H]2C[C@H]4[C@H](N(C)C)C(=O)C(C(N)=O)C(=O)[C@@]4(O)C(=O)C2C3=O)c1. The summed E-state index contributed by atoms with van der Waals surface area (Å²) >= 11 is 0. The van der Waals surface area contributed by atoms with Crippen molar-refractivity contribution in [2.75, 3.05) is 26.9 Å². The number of nitrogen functional groups attached to an aromatic ring is 1. The van der Waals surface area contributed by atoms with Crippen LogP contribution in [-0.2, 0) is 30.3 Å². The molecule has 0 aromatic heterocycles. The third-order valence-electron chi connectivity index (χ3n) is 8.63. The van der Waals surface area contributed by atoms with E-state index in [1.807, 2.05) is 0 Å². The number of amides is 1. The largest absolute Gasteiger partial charge is 0.507 e. The van der Waals surface area contributed by atoms with Gasteiger partial charge in [0.05, 0.1) is 30.2 Å². The number of fused-ring (bicyclic) bond motifs is 3. The summed E-state index contributed by atoms with van der Waals surface area (Å²) in [4.78, 5) is 80.2. The summed E-state index contributed by atoms with van der Waals surface area (Å²) in [6, 6.07) is 6.19. The number of phenols is 1. The zero-order chi connectivity index (χ0) is 30.1. The maximum atomic E-state index is 13.9. The van der Waals surface area contributed by atoms with Crippen LogP contribution in [0.1, 0.15) is 32.7 Å². The molecular formula is C29H29N3O9. The monoisotopic (exact) mass is 563 g/mol. The van der Waals surface area contributed by atoms with Crippen LogP contribution >= 0.6 is 0 Å². The molecular weight excluding hydrogens is 534 g/mol. The van der Waals surface area contributed by atoms with E-state index in [1.165, 1.54) is 44.3 Å². The van der Waals surface area contributed by atoms with Gasteiger partial charge in [0.15, 0.2) is 34.7 Å². The van der Waals surface area contributed by atoms with Gasteiger partial charge < -0.3 is 26.4 Å². The summed E-state index contributed by atoms with van der Waals surface area (Å²) in [6.07, 6.45) is -0.0126. The molecule has 3 aliphatic carbocycles. The van der Waals surface area contributed by atoms with Gasteiger partial charge in [-0.1, -0.05) is 6.07 Å². The number of carbonyl (C=O) groups is 6. The molecule has 1 amide bonds. The number of nitrogens with two attached hydrogens (primary N) is 2. The van der Waals surface area contributed by atoms with Gasteiger partial charge in [-0.05, 0) is 73.8 Å². The second kappa shape index (κ2) is 9.60. The van der Waals surface area contributed by atoms with Crippen LogP contribution in [0.15, 0.2) is 30.3 Å². The van der Waals surface area contributed by atoms with Crippen molar-refractivity contribution in [1.29, 1.82) is 0 Å². The fourth-order valence-corrected chi connectivity index (χ4v) is 6.92. The number of Topliss-reactive ketones (excluding diaryl/α,β-unsaturated/α-hetero) is 4. The third kappa shape index (κ3) is 3.97. The Morgan fingerprint density at radius 2 is 1.76 bits per heavy atom. The lowest BCUT2D eigenvalue weighted by Crippen LogP contribution is -2.74.